The lowest BCUT2D eigenvalue weighted by Crippen LogP contribution is -2.61. The van der Waals surface area contributed by atoms with E-state index in [1.807, 2.05) is 55.5 Å². The van der Waals surface area contributed by atoms with E-state index in [-0.39, 0.29) is 17.8 Å². The van der Waals surface area contributed by atoms with Gasteiger partial charge >= 0.3 is 0 Å². The molecule has 0 saturated carbocycles. The van der Waals surface area contributed by atoms with Gasteiger partial charge in [0.2, 0.25) is 6.10 Å². The summed E-state index contributed by atoms with van der Waals surface area (Å²) in [5.41, 5.74) is 2.68. The Kier molecular flexibility index (Phi) is 6.30. The minimum atomic E-state index is -0.691. The molecule has 0 bridgehead atoms. The predicted molar refractivity (Wildman–Crippen MR) is 120 cm³/mol. The van der Waals surface area contributed by atoms with Crippen molar-refractivity contribution >= 4 is 5.91 Å². The summed E-state index contributed by atoms with van der Waals surface area (Å²) in [7, 11) is 3.18. The van der Waals surface area contributed by atoms with Crippen molar-refractivity contribution in [1.82, 2.24) is 4.90 Å². The van der Waals surface area contributed by atoms with E-state index in [1.165, 1.54) is 12.1 Å². The summed E-state index contributed by atoms with van der Waals surface area (Å²) in [5, 5.41) is 0. The van der Waals surface area contributed by atoms with E-state index in [0.29, 0.717) is 30.2 Å². The van der Waals surface area contributed by atoms with Crippen molar-refractivity contribution in [3.63, 3.8) is 0 Å². The van der Waals surface area contributed by atoms with Crippen molar-refractivity contribution < 1.29 is 23.4 Å². The lowest BCUT2D eigenvalue weighted by molar-refractivity contribution is -0.164. The highest BCUT2D eigenvalue weighted by Crippen LogP contribution is 2.39. The van der Waals surface area contributed by atoms with Crippen LogP contribution in [0, 0.1) is 12.7 Å². The average molecular weight is 435 g/mol. The number of hydrogen-bond acceptors (Lipinski definition) is 4. The standard InChI is InChI=1S/C26H26FNO4/c1-17-7-4-5-10-21(17)32-25-24(19-8-6-9-20(27)16-19)28(26(25)29)14-13-18-11-12-22(30-2)23(15-18)31-3/h4-12,15-16,24-25H,13-14H2,1-3H3. The number of aryl methyl sites for hydroxylation is 1. The Morgan fingerprint density at radius 1 is 0.906 bits per heavy atom. The molecule has 5 nitrogen and oxygen atoms in total. The van der Waals surface area contributed by atoms with Crippen LogP contribution < -0.4 is 14.2 Å². The molecule has 1 aliphatic heterocycles. The van der Waals surface area contributed by atoms with E-state index >= 15 is 0 Å². The minimum absolute atomic E-state index is 0.108. The second kappa shape index (κ2) is 9.30. The van der Waals surface area contributed by atoms with Crippen LogP contribution in [0.4, 0.5) is 4.39 Å². The summed E-state index contributed by atoms with van der Waals surface area (Å²) in [6.07, 6.45) is -0.0714. The number of likely N-dealkylation sites (tertiary alicyclic amines) is 1. The summed E-state index contributed by atoms with van der Waals surface area (Å²) in [6, 6.07) is 19.3. The summed E-state index contributed by atoms with van der Waals surface area (Å²) >= 11 is 0. The minimum Gasteiger partial charge on any atom is -0.493 e. The zero-order chi connectivity index (χ0) is 22.7. The number of halogens is 1. The Labute approximate surface area is 187 Å². The zero-order valence-electron chi connectivity index (χ0n) is 18.4. The third kappa shape index (κ3) is 4.26. The molecule has 2 atom stereocenters. The van der Waals surface area contributed by atoms with E-state index in [0.717, 1.165) is 16.7 Å². The molecule has 1 amide bonds. The average Bonchev–Trinajstić information content (AvgIpc) is 2.81. The smallest absolute Gasteiger partial charge is 0.266 e. The molecule has 166 valence electrons. The van der Waals surface area contributed by atoms with Crippen LogP contribution in [0.15, 0.2) is 66.7 Å². The number of rotatable bonds is 8. The van der Waals surface area contributed by atoms with Gasteiger partial charge in [0.15, 0.2) is 11.5 Å². The molecule has 4 rings (SSSR count). The Morgan fingerprint density at radius 3 is 2.41 bits per heavy atom. The number of carbonyl (C=O) groups is 1. The number of methoxy groups -OCH3 is 2. The molecule has 0 spiro atoms. The molecule has 0 radical (unpaired) electrons. The molecule has 1 fully saturated rings. The van der Waals surface area contributed by atoms with Crippen molar-refractivity contribution in [3.8, 4) is 17.2 Å². The van der Waals surface area contributed by atoms with E-state index < -0.39 is 6.10 Å². The first kappa shape index (κ1) is 21.7. The van der Waals surface area contributed by atoms with Gasteiger partial charge in [0.05, 0.1) is 14.2 Å². The normalized spacial score (nSPS) is 17.6. The van der Waals surface area contributed by atoms with Gasteiger partial charge in [0.1, 0.15) is 17.6 Å². The van der Waals surface area contributed by atoms with Gasteiger partial charge in [-0.05, 0) is 60.4 Å². The molecular weight excluding hydrogens is 409 g/mol. The molecular formula is C26H26FNO4. The monoisotopic (exact) mass is 435 g/mol. The van der Waals surface area contributed by atoms with Gasteiger partial charge in [-0.15, -0.1) is 0 Å². The summed E-state index contributed by atoms with van der Waals surface area (Å²) in [4.78, 5) is 14.8. The predicted octanol–water partition coefficient (Wildman–Crippen LogP) is 4.72. The van der Waals surface area contributed by atoms with Crippen molar-refractivity contribution in [2.24, 2.45) is 0 Å². The number of benzene rings is 3. The SMILES string of the molecule is COc1ccc(CCN2C(=O)C(Oc3ccccc3C)C2c2cccc(F)c2)cc1OC. The lowest BCUT2D eigenvalue weighted by Gasteiger charge is -2.47. The number of carbonyl (C=O) groups excluding carboxylic acids is 1. The zero-order valence-corrected chi connectivity index (χ0v) is 18.4. The highest BCUT2D eigenvalue weighted by molar-refractivity contribution is 5.89. The molecule has 0 aromatic heterocycles. The highest BCUT2D eigenvalue weighted by Gasteiger charge is 2.50. The van der Waals surface area contributed by atoms with Crippen LogP contribution in [0.2, 0.25) is 0 Å². The molecule has 1 saturated heterocycles. The Hall–Kier alpha value is -3.54. The number of β-lactam (4-membered cyclic amide) rings is 1. The van der Waals surface area contributed by atoms with E-state index in [2.05, 4.69) is 0 Å². The third-order valence-corrected chi connectivity index (χ3v) is 5.78. The van der Waals surface area contributed by atoms with Crippen molar-refractivity contribution in [3.05, 3.63) is 89.2 Å². The fraction of sp³-hybridized carbons (Fsp3) is 0.269. The maximum atomic E-state index is 14.0. The molecule has 3 aromatic carbocycles. The van der Waals surface area contributed by atoms with Gasteiger partial charge in [-0.1, -0.05) is 36.4 Å². The first-order valence-electron chi connectivity index (χ1n) is 10.5. The van der Waals surface area contributed by atoms with Crippen LogP contribution in [0.25, 0.3) is 0 Å². The van der Waals surface area contributed by atoms with Gasteiger partial charge in [-0.2, -0.15) is 0 Å². The van der Waals surface area contributed by atoms with E-state index in [1.54, 1.807) is 25.2 Å². The van der Waals surface area contributed by atoms with Crippen LogP contribution >= 0.6 is 0 Å². The van der Waals surface area contributed by atoms with Crippen molar-refractivity contribution in [2.75, 3.05) is 20.8 Å². The van der Waals surface area contributed by atoms with Crippen molar-refractivity contribution in [1.29, 1.82) is 0 Å². The molecule has 3 aromatic rings. The Balaban J connectivity index is 1.55. The van der Waals surface area contributed by atoms with Gasteiger partial charge in [-0.25, -0.2) is 4.39 Å². The second-order valence-electron chi connectivity index (χ2n) is 7.77. The Morgan fingerprint density at radius 2 is 1.69 bits per heavy atom. The number of amides is 1. The fourth-order valence-electron chi connectivity index (χ4n) is 4.04. The van der Waals surface area contributed by atoms with Gasteiger partial charge in [-0.3, -0.25) is 4.79 Å². The molecule has 32 heavy (non-hydrogen) atoms. The highest BCUT2D eigenvalue weighted by atomic mass is 19.1. The molecule has 0 N–H and O–H groups in total. The third-order valence-electron chi connectivity index (χ3n) is 5.78. The number of nitrogens with zero attached hydrogens (tertiary/aromatic N) is 1. The van der Waals surface area contributed by atoms with E-state index in [9.17, 15) is 9.18 Å². The number of ether oxygens (including phenoxy) is 3. The van der Waals surface area contributed by atoms with Crippen LogP contribution in [-0.4, -0.2) is 37.7 Å². The number of hydrogen-bond donors (Lipinski definition) is 0. The van der Waals surface area contributed by atoms with Crippen molar-refractivity contribution in [2.45, 2.75) is 25.5 Å². The summed E-state index contributed by atoms with van der Waals surface area (Å²) in [5.74, 6) is 1.51. The largest absolute Gasteiger partial charge is 0.493 e. The second-order valence-corrected chi connectivity index (χ2v) is 7.77. The van der Waals surface area contributed by atoms with Gasteiger partial charge in [0.25, 0.3) is 5.91 Å². The molecule has 2 unspecified atom stereocenters. The quantitative estimate of drug-likeness (QED) is 0.480. The molecule has 1 heterocycles. The molecule has 1 aliphatic rings. The topological polar surface area (TPSA) is 48.0 Å². The first-order valence-corrected chi connectivity index (χ1v) is 10.5. The summed E-state index contributed by atoms with van der Waals surface area (Å²) < 4.78 is 30.7. The van der Waals surface area contributed by atoms with E-state index in [4.69, 9.17) is 14.2 Å². The van der Waals surface area contributed by atoms with Crippen LogP contribution in [0.1, 0.15) is 22.7 Å². The van der Waals surface area contributed by atoms with Gasteiger partial charge < -0.3 is 19.1 Å². The van der Waals surface area contributed by atoms with Gasteiger partial charge in [0, 0.05) is 6.54 Å². The number of para-hydroxylation sites is 1. The first-order chi connectivity index (χ1) is 15.5. The summed E-state index contributed by atoms with van der Waals surface area (Å²) in [6.45, 7) is 2.41. The molecule has 6 heteroatoms. The lowest BCUT2D eigenvalue weighted by atomic mass is 9.89. The fourth-order valence-corrected chi connectivity index (χ4v) is 4.04. The molecule has 0 aliphatic carbocycles. The van der Waals surface area contributed by atoms with Crippen LogP contribution in [0.5, 0.6) is 17.2 Å². The Bertz CT molecular complexity index is 1120. The maximum absolute atomic E-state index is 14.0. The van der Waals surface area contributed by atoms with Crippen LogP contribution in [0.3, 0.4) is 0 Å². The maximum Gasteiger partial charge on any atom is 0.266 e. The van der Waals surface area contributed by atoms with Crippen LogP contribution in [-0.2, 0) is 11.2 Å².